The zero-order chi connectivity index (χ0) is 13.0. The van der Waals surface area contributed by atoms with Crippen LogP contribution in [0.4, 0.5) is 5.69 Å². The van der Waals surface area contributed by atoms with Gasteiger partial charge in [-0.1, -0.05) is 26.0 Å². The van der Waals surface area contributed by atoms with E-state index in [9.17, 15) is 4.79 Å². The van der Waals surface area contributed by atoms with Crippen molar-refractivity contribution in [1.29, 1.82) is 0 Å². The Morgan fingerprint density at radius 2 is 1.65 bits per heavy atom. The van der Waals surface area contributed by atoms with Gasteiger partial charge in [0.2, 0.25) is 0 Å². The molecule has 1 rings (SSSR count). The van der Waals surface area contributed by atoms with Crippen molar-refractivity contribution in [2.45, 2.75) is 39.7 Å². The summed E-state index contributed by atoms with van der Waals surface area (Å²) in [5.74, 6) is -0.664. The number of carboxylic acid groups (broad SMARTS) is 1. The molecule has 0 saturated carbocycles. The summed E-state index contributed by atoms with van der Waals surface area (Å²) in [5, 5.41) is 12.1. The van der Waals surface area contributed by atoms with Crippen molar-refractivity contribution in [3.05, 3.63) is 29.8 Å². The molecule has 94 valence electrons. The highest BCUT2D eigenvalue weighted by Gasteiger charge is 2.18. The second-order valence-corrected chi connectivity index (χ2v) is 4.84. The summed E-state index contributed by atoms with van der Waals surface area (Å²) < 4.78 is 0. The maximum Gasteiger partial charge on any atom is 0.308 e. The molecule has 1 aromatic rings. The molecule has 0 saturated heterocycles. The van der Waals surface area contributed by atoms with Crippen LogP contribution in [0.25, 0.3) is 0 Å². The molecule has 2 atom stereocenters. The molecule has 2 unspecified atom stereocenters. The molecule has 0 spiro atoms. The highest BCUT2D eigenvalue weighted by molar-refractivity contribution is 5.71. The van der Waals surface area contributed by atoms with Gasteiger partial charge in [0.05, 0.1) is 5.92 Å². The highest BCUT2D eigenvalue weighted by atomic mass is 16.4. The number of rotatable bonds is 5. The van der Waals surface area contributed by atoms with Crippen molar-refractivity contribution in [2.24, 2.45) is 5.92 Å². The van der Waals surface area contributed by atoms with E-state index in [1.807, 2.05) is 19.1 Å². The van der Waals surface area contributed by atoms with Gasteiger partial charge in [0.15, 0.2) is 0 Å². The molecule has 0 heterocycles. The lowest BCUT2D eigenvalue weighted by molar-refractivity contribution is -0.141. The molecule has 0 aromatic heterocycles. The Kier molecular flexibility index (Phi) is 4.55. The number of benzene rings is 1. The third kappa shape index (κ3) is 3.77. The molecule has 0 aliphatic heterocycles. The van der Waals surface area contributed by atoms with E-state index in [4.69, 9.17) is 5.11 Å². The molecule has 0 aliphatic carbocycles. The molecule has 3 nitrogen and oxygen atoms in total. The fourth-order valence-electron chi connectivity index (χ4n) is 1.57. The zero-order valence-electron chi connectivity index (χ0n) is 10.9. The minimum Gasteiger partial charge on any atom is -0.481 e. The number of nitrogens with one attached hydrogen (secondary N) is 1. The van der Waals surface area contributed by atoms with Crippen molar-refractivity contribution < 1.29 is 9.90 Å². The van der Waals surface area contributed by atoms with Crippen LogP contribution in [-0.4, -0.2) is 17.1 Å². The van der Waals surface area contributed by atoms with Gasteiger partial charge in [-0.05, 0) is 37.5 Å². The maximum absolute atomic E-state index is 10.8. The van der Waals surface area contributed by atoms with E-state index < -0.39 is 11.9 Å². The Morgan fingerprint density at radius 3 is 2.06 bits per heavy atom. The van der Waals surface area contributed by atoms with Gasteiger partial charge in [0.25, 0.3) is 0 Å². The van der Waals surface area contributed by atoms with Crippen LogP contribution in [-0.2, 0) is 4.79 Å². The topological polar surface area (TPSA) is 49.3 Å². The summed E-state index contributed by atoms with van der Waals surface area (Å²) in [7, 11) is 0. The van der Waals surface area contributed by atoms with Crippen LogP contribution < -0.4 is 5.32 Å². The van der Waals surface area contributed by atoms with Gasteiger partial charge >= 0.3 is 5.97 Å². The Balaban J connectivity index is 2.66. The van der Waals surface area contributed by atoms with Crippen LogP contribution >= 0.6 is 0 Å². The number of hydrogen-bond donors (Lipinski definition) is 2. The molecule has 0 amide bonds. The lowest BCUT2D eigenvalue weighted by Gasteiger charge is -2.19. The third-order valence-corrected chi connectivity index (χ3v) is 3.11. The SMILES string of the molecule is CC(C)c1ccc(NC(C)C(C)C(=O)O)cc1. The van der Waals surface area contributed by atoms with Gasteiger partial charge in [0.1, 0.15) is 0 Å². The van der Waals surface area contributed by atoms with E-state index in [0.29, 0.717) is 5.92 Å². The van der Waals surface area contributed by atoms with Gasteiger partial charge in [-0.15, -0.1) is 0 Å². The summed E-state index contributed by atoms with van der Waals surface area (Å²) >= 11 is 0. The Labute approximate surface area is 103 Å². The van der Waals surface area contributed by atoms with Crippen molar-refractivity contribution in [3.63, 3.8) is 0 Å². The third-order valence-electron chi connectivity index (χ3n) is 3.11. The first-order valence-corrected chi connectivity index (χ1v) is 6.01. The predicted molar refractivity (Wildman–Crippen MR) is 70.4 cm³/mol. The molecule has 0 radical (unpaired) electrons. The smallest absolute Gasteiger partial charge is 0.308 e. The van der Waals surface area contributed by atoms with Crippen LogP contribution in [0.5, 0.6) is 0 Å². The van der Waals surface area contributed by atoms with E-state index in [1.165, 1.54) is 5.56 Å². The lowest BCUT2D eigenvalue weighted by Crippen LogP contribution is -2.29. The number of hydrogen-bond acceptors (Lipinski definition) is 2. The van der Waals surface area contributed by atoms with Gasteiger partial charge in [-0.25, -0.2) is 0 Å². The Bertz CT molecular complexity index is 370. The van der Waals surface area contributed by atoms with Crippen LogP contribution in [0.2, 0.25) is 0 Å². The molecule has 0 aliphatic rings. The number of carboxylic acids is 1. The predicted octanol–water partition coefficient (Wildman–Crippen LogP) is 3.33. The first-order chi connectivity index (χ1) is 7.91. The molecule has 17 heavy (non-hydrogen) atoms. The van der Waals surface area contributed by atoms with Gasteiger partial charge in [0, 0.05) is 11.7 Å². The van der Waals surface area contributed by atoms with E-state index in [0.717, 1.165) is 5.69 Å². The van der Waals surface area contributed by atoms with Crippen molar-refractivity contribution >= 4 is 11.7 Å². The first-order valence-electron chi connectivity index (χ1n) is 6.01. The number of aliphatic carboxylic acids is 1. The average molecular weight is 235 g/mol. The van der Waals surface area contributed by atoms with E-state index in [2.05, 4.69) is 31.3 Å². The van der Waals surface area contributed by atoms with Crippen LogP contribution in [0.15, 0.2) is 24.3 Å². The number of anilines is 1. The Morgan fingerprint density at radius 1 is 1.12 bits per heavy atom. The largest absolute Gasteiger partial charge is 0.481 e. The fraction of sp³-hybridized carbons (Fsp3) is 0.500. The van der Waals surface area contributed by atoms with E-state index >= 15 is 0 Å². The minimum absolute atomic E-state index is 0.0857. The van der Waals surface area contributed by atoms with Crippen molar-refractivity contribution in [2.75, 3.05) is 5.32 Å². The van der Waals surface area contributed by atoms with Crippen molar-refractivity contribution in [3.8, 4) is 0 Å². The monoisotopic (exact) mass is 235 g/mol. The maximum atomic E-state index is 10.8. The van der Waals surface area contributed by atoms with Gasteiger partial charge in [-0.2, -0.15) is 0 Å². The Hall–Kier alpha value is -1.51. The van der Waals surface area contributed by atoms with Gasteiger partial charge < -0.3 is 10.4 Å². The number of carbonyl (C=O) groups is 1. The fourth-order valence-corrected chi connectivity index (χ4v) is 1.57. The first kappa shape index (κ1) is 13.6. The standard InChI is InChI=1S/C14H21NO2/c1-9(2)12-5-7-13(8-6-12)15-11(4)10(3)14(16)17/h5-11,15H,1-4H3,(H,16,17). The van der Waals surface area contributed by atoms with E-state index in [-0.39, 0.29) is 6.04 Å². The lowest BCUT2D eigenvalue weighted by atomic mass is 10.0. The zero-order valence-corrected chi connectivity index (χ0v) is 10.9. The van der Waals surface area contributed by atoms with E-state index in [1.54, 1.807) is 6.92 Å². The summed E-state index contributed by atoms with van der Waals surface area (Å²) in [5.41, 5.74) is 2.25. The average Bonchev–Trinajstić information content (AvgIpc) is 2.28. The minimum atomic E-state index is -0.774. The quantitative estimate of drug-likeness (QED) is 0.823. The second kappa shape index (κ2) is 5.71. The summed E-state index contributed by atoms with van der Waals surface area (Å²) in [6.45, 7) is 7.90. The van der Waals surface area contributed by atoms with Crippen LogP contribution in [0.1, 0.15) is 39.2 Å². The molecule has 0 bridgehead atoms. The summed E-state index contributed by atoms with van der Waals surface area (Å²) in [6.07, 6.45) is 0. The molecular formula is C14H21NO2. The normalized spacial score (nSPS) is 14.4. The second-order valence-electron chi connectivity index (χ2n) is 4.84. The molecule has 0 fully saturated rings. The van der Waals surface area contributed by atoms with Crippen LogP contribution in [0, 0.1) is 5.92 Å². The van der Waals surface area contributed by atoms with Crippen LogP contribution in [0.3, 0.4) is 0 Å². The molecule has 1 aromatic carbocycles. The summed E-state index contributed by atoms with van der Waals surface area (Å²) in [6, 6.07) is 8.06. The highest BCUT2D eigenvalue weighted by Crippen LogP contribution is 2.18. The molecular weight excluding hydrogens is 214 g/mol. The summed E-state index contributed by atoms with van der Waals surface area (Å²) in [4.78, 5) is 10.8. The molecule has 2 N–H and O–H groups in total. The van der Waals surface area contributed by atoms with Gasteiger partial charge in [-0.3, -0.25) is 4.79 Å². The van der Waals surface area contributed by atoms with Crippen molar-refractivity contribution in [1.82, 2.24) is 0 Å². The molecule has 3 heteroatoms.